The lowest BCUT2D eigenvalue weighted by Crippen LogP contribution is -2.24. The zero-order valence-electron chi connectivity index (χ0n) is 12.8. The van der Waals surface area contributed by atoms with Gasteiger partial charge in [0.05, 0.1) is 5.69 Å². The Morgan fingerprint density at radius 1 is 1.12 bits per heavy atom. The van der Waals surface area contributed by atoms with Crippen LogP contribution in [0.1, 0.15) is 5.56 Å². The van der Waals surface area contributed by atoms with E-state index >= 15 is 0 Å². The molecule has 5 nitrogen and oxygen atoms in total. The van der Waals surface area contributed by atoms with E-state index in [1.165, 1.54) is 12.1 Å². The predicted octanol–water partition coefficient (Wildman–Crippen LogP) is 3.35. The minimum atomic E-state index is -0.718. The van der Waals surface area contributed by atoms with Gasteiger partial charge < -0.3 is 14.8 Å². The maximum Gasteiger partial charge on any atom is 0.344 e. The third-order valence-corrected chi connectivity index (χ3v) is 3.19. The first-order valence-corrected chi connectivity index (χ1v) is 7.42. The van der Waals surface area contributed by atoms with Crippen LogP contribution in [0.5, 0.6) is 5.75 Å². The summed E-state index contributed by atoms with van der Waals surface area (Å²) in [6.45, 7) is 0.848. The molecule has 0 aliphatic rings. The van der Waals surface area contributed by atoms with Crippen molar-refractivity contribution < 1.29 is 23.5 Å². The molecule has 24 heavy (non-hydrogen) atoms. The highest BCUT2D eigenvalue weighted by atomic mass is 35.5. The molecule has 0 saturated carbocycles. The number of ether oxygens (including phenoxy) is 2. The van der Waals surface area contributed by atoms with E-state index in [1.54, 1.807) is 37.3 Å². The van der Waals surface area contributed by atoms with Crippen LogP contribution in [0.3, 0.4) is 0 Å². The normalized spacial score (nSPS) is 10.1. The lowest BCUT2D eigenvalue weighted by molar-refractivity contribution is -0.149. The zero-order valence-corrected chi connectivity index (χ0v) is 13.6. The zero-order chi connectivity index (χ0) is 17.5. The Hall–Kier alpha value is -2.60. The first-order valence-electron chi connectivity index (χ1n) is 7.04. The van der Waals surface area contributed by atoms with Gasteiger partial charge in [0.1, 0.15) is 11.6 Å². The minimum absolute atomic E-state index is 0.0269. The number of halogens is 2. The lowest BCUT2D eigenvalue weighted by atomic mass is 10.2. The maximum absolute atomic E-state index is 13.6. The average Bonchev–Trinajstić information content (AvgIpc) is 2.55. The van der Waals surface area contributed by atoms with Crippen LogP contribution in [-0.2, 0) is 14.3 Å². The second kappa shape index (κ2) is 8.31. The second-order valence-electron chi connectivity index (χ2n) is 4.93. The van der Waals surface area contributed by atoms with Crippen LogP contribution >= 0.6 is 11.6 Å². The molecule has 2 aromatic carbocycles. The fraction of sp³-hybridized carbons (Fsp3) is 0.176. The number of hydrogen-bond donors (Lipinski definition) is 1. The van der Waals surface area contributed by atoms with Gasteiger partial charge >= 0.3 is 5.97 Å². The number of hydrogen-bond acceptors (Lipinski definition) is 4. The molecule has 1 N–H and O–H groups in total. The van der Waals surface area contributed by atoms with Crippen molar-refractivity contribution >= 4 is 29.2 Å². The average molecular weight is 352 g/mol. The Balaban J connectivity index is 1.74. The number of rotatable bonds is 6. The molecule has 0 aliphatic heterocycles. The van der Waals surface area contributed by atoms with Crippen molar-refractivity contribution in [2.45, 2.75) is 6.92 Å². The number of aryl methyl sites for hydroxylation is 1. The fourth-order valence-corrected chi connectivity index (χ4v) is 1.89. The van der Waals surface area contributed by atoms with E-state index in [0.717, 1.165) is 5.56 Å². The summed E-state index contributed by atoms with van der Waals surface area (Å²) < 4.78 is 23.5. The van der Waals surface area contributed by atoms with Crippen molar-refractivity contribution in [2.24, 2.45) is 0 Å². The highest BCUT2D eigenvalue weighted by Crippen LogP contribution is 2.16. The van der Waals surface area contributed by atoms with E-state index in [-0.39, 0.29) is 12.3 Å². The summed E-state index contributed by atoms with van der Waals surface area (Å²) in [6, 6.07) is 10.8. The van der Waals surface area contributed by atoms with Gasteiger partial charge in [-0.25, -0.2) is 9.18 Å². The fourth-order valence-electron chi connectivity index (χ4n) is 1.77. The molecule has 0 bridgehead atoms. The Morgan fingerprint density at radius 3 is 2.50 bits per heavy atom. The molecular formula is C17H15ClFNO4. The molecule has 0 fully saturated rings. The Bertz CT molecular complexity index is 734. The quantitative estimate of drug-likeness (QED) is 0.811. The molecule has 0 aliphatic carbocycles. The number of benzene rings is 2. The van der Waals surface area contributed by atoms with Crippen molar-refractivity contribution in [3.8, 4) is 5.75 Å². The van der Waals surface area contributed by atoms with Gasteiger partial charge in [0, 0.05) is 5.02 Å². The van der Waals surface area contributed by atoms with Gasteiger partial charge in [-0.1, -0.05) is 17.7 Å². The summed E-state index contributed by atoms with van der Waals surface area (Å²) in [5.41, 5.74) is 0.760. The van der Waals surface area contributed by atoms with E-state index in [2.05, 4.69) is 5.32 Å². The van der Waals surface area contributed by atoms with Crippen LogP contribution in [0.2, 0.25) is 5.02 Å². The monoisotopic (exact) mass is 351 g/mol. The van der Waals surface area contributed by atoms with Crippen LogP contribution in [0, 0.1) is 12.7 Å². The summed E-state index contributed by atoms with van der Waals surface area (Å²) in [7, 11) is 0. The van der Waals surface area contributed by atoms with Crippen LogP contribution in [0.4, 0.5) is 10.1 Å². The molecule has 7 heteroatoms. The summed E-state index contributed by atoms with van der Waals surface area (Å²) in [6.07, 6.45) is 0. The summed E-state index contributed by atoms with van der Waals surface area (Å²) in [4.78, 5) is 23.2. The predicted molar refractivity (Wildman–Crippen MR) is 87.7 cm³/mol. The highest BCUT2D eigenvalue weighted by molar-refractivity contribution is 6.30. The third kappa shape index (κ3) is 5.55. The molecule has 1 amide bonds. The van der Waals surface area contributed by atoms with E-state index in [9.17, 15) is 14.0 Å². The van der Waals surface area contributed by atoms with Gasteiger partial charge in [-0.05, 0) is 48.9 Å². The first kappa shape index (κ1) is 17.7. The molecule has 0 heterocycles. The number of esters is 1. The van der Waals surface area contributed by atoms with Gasteiger partial charge in [-0.2, -0.15) is 0 Å². The van der Waals surface area contributed by atoms with Gasteiger partial charge in [0.25, 0.3) is 5.91 Å². The molecular weight excluding hydrogens is 337 g/mol. The molecule has 0 atom stereocenters. The van der Waals surface area contributed by atoms with E-state index in [0.29, 0.717) is 10.8 Å². The number of nitrogens with one attached hydrogen (secondary N) is 1. The molecule has 0 saturated heterocycles. The molecule has 0 aromatic heterocycles. The first-order chi connectivity index (χ1) is 11.4. The SMILES string of the molecule is Cc1ccc(NC(=O)COC(=O)COc2ccc(Cl)cc2)c(F)c1. The smallest absolute Gasteiger partial charge is 0.344 e. The Labute approximate surface area is 143 Å². The van der Waals surface area contributed by atoms with Crippen molar-refractivity contribution in [1.82, 2.24) is 0 Å². The lowest BCUT2D eigenvalue weighted by Gasteiger charge is -2.09. The van der Waals surface area contributed by atoms with Crippen LogP contribution in [0.25, 0.3) is 0 Å². The van der Waals surface area contributed by atoms with Crippen molar-refractivity contribution in [2.75, 3.05) is 18.5 Å². The molecule has 2 aromatic rings. The summed E-state index contributed by atoms with van der Waals surface area (Å²) in [5.74, 6) is -1.47. The largest absolute Gasteiger partial charge is 0.482 e. The topological polar surface area (TPSA) is 64.6 Å². The van der Waals surface area contributed by atoms with E-state index in [4.69, 9.17) is 21.1 Å². The number of amides is 1. The number of anilines is 1. The maximum atomic E-state index is 13.6. The van der Waals surface area contributed by atoms with Gasteiger partial charge in [-0.3, -0.25) is 4.79 Å². The van der Waals surface area contributed by atoms with Crippen molar-refractivity contribution in [3.05, 3.63) is 58.9 Å². The molecule has 0 unspecified atom stereocenters. The number of carbonyl (C=O) groups is 2. The highest BCUT2D eigenvalue weighted by Gasteiger charge is 2.11. The molecule has 0 radical (unpaired) electrons. The summed E-state index contributed by atoms with van der Waals surface area (Å²) in [5, 5.41) is 2.87. The summed E-state index contributed by atoms with van der Waals surface area (Å²) >= 11 is 5.73. The Morgan fingerprint density at radius 2 is 1.83 bits per heavy atom. The molecule has 0 spiro atoms. The number of carbonyl (C=O) groups excluding carboxylic acids is 2. The van der Waals surface area contributed by atoms with Gasteiger partial charge in [0.15, 0.2) is 13.2 Å². The molecule has 2 rings (SSSR count). The second-order valence-corrected chi connectivity index (χ2v) is 5.37. The van der Waals surface area contributed by atoms with Crippen LogP contribution in [-0.4, -0.2) is 25.1 Å². The Kier molecular flexibility index (Phi) is 6.14. The molecule has 126 valence electrons. The van der Waals surface area contributed by atoms with Gasteiger partial charge in [-0.15, -0.1) is 0 Å². The van der Waals surface area contributed by atoms with Crippen LogP contribution in [0.15, 0.2) is 42.5 Å². The van der Waals surface area contributed by atoms with Crippen molar-refractivity contribution in [3.63, 3.8) is 0 Å². The van der Waals surface area contributed by atoms with E-state index in [1.807, 2.05) is 0 Å². The van der Waals surface area contributed by atoms with Crippen LogP contribution < -0.4 is 10.1 Å². The minimum Gasteiger partial charge on any atom is -0.482 e. The standard InChI is InChI=1S/C17H15ClFNO4/c1-11-2-7-15(14(19)8-11)20-16(21)9-24-17(22)10-23-13-5-3-12(18)4-6-13/h2-8H,9-10H2,1H3,(H,20,21). The van der Waals surface area contributed by atoms with Crippen molar-refractivity contribution in [1.29, 1.82) is 0 Å². The van der Waals surface area contributed by atoms with E-state index < -0.39 is 24.3 Å². The van der Waals surface area contributed by atoms with Gasteiger partial charge in [0.2, 0.25) is 0 Å². The third-order valence-electron chi connectivity index (χ3n) is 2.93.